The molecule has 0 aromatic rings. The van der Waals surface area contributed by atoms with Crippen LogP contribution in [0, 0.1) is 5.92 Å². The van der Waals surface area contributed by atoms with Crippen LogP contribution in [0.15, 0.2) is 36.0 Å². The molecule has 8 unspecified atom stereocenters. The number of primary amides is 1. The Labute approximate surface area is 249 Å². The highest BCUT2D eigenvalue weighted by atomic mass is 16.6. The maximum absolute atomic E-state index is 12.6. The molecule has 4 fully saturated rings. The smallest absolute Gasteiger partial charge is 0.410 e. The van der Waals surface area contributed by atoms with Gasteiger partial charge in [-0.25, -0.2) is 4.79 Å². The Morgan fingerprint density at radius 2 is 1.90 bits per heavy atom. The molecule has 0 aromatic carbocycles. The summed E-state index contributed by atoms with van der Waals surface area (Å²) in [5.41, 5.74) is 6.33. The summed E-state index contributed by atoms with van der Waals surface area (Å²) >= 11 is 0. The molecule has 4 aliphatic heterocycles. The van der Waals surface area contributed by atoms with Crippen LogP contribution in [0.1, 0.15) is 59.8 Å². The molecule has 8 atom stereocenters. The van der Waals surface area contributed by atoms with Gasteiger partial charge in [-0.15, -0.1) is 0 Å². The number of nitrogens with one attached hydrogen (secondary N) is 2. The van der Waals surface area contributed by atoms with Gasteiger partial charge in [0.15, 0.2) is 0 Å². The molecule has 4 aliphatic rings. The molecule has 4 N–H and O–H groups in total. The summed E-state index contributed by atoms with van der Waals surface area (Å²) in [7, 11) is 0. The number of amides is 3. The van der Waals surface area contributed by atoms with Gasteiger partial charge in [0.2, 0.25) is 11.8 Å². The summed E-state index contributed by atoms with van der Waals surface area (Å²) in [6.45, 7) is 11.4. The van der Waals surface area contributed by atoms with Crippen molar-refractivity contribution in [1.82, 2.24) is 15.5 Å². The third-order valence-corrected chi connectivity index (χ3v) is 8.49. The topological polar surface area (TPSA) is 145 Å². The van der Waals surface area contributed by atoms with E-state index in [2.05, 4.69) is 36.6 Å². The highest BCUT2D eigenvalue weighted by Gasteiger charge is 2.51. The number of rotatable bonds is 10. The third kappa shape index (κ3) is 9.65. The van der Waals surface area contributed by atoms with E-state index in [1.54, 1.807) is 17.9 Å². The fourth-order valence-corrected chi connectivity index (χ4v) is 5.92. The fourth-order valence-electron chi connectivity index (χ4n) is 5.92. The Hall–Kier alpha value is -2.73. The van der Waals surface area contributed by atoms with Crippen LogP contribution in [-0.4, -0.2) is 97.8 Å². The summed E-state index contributed by atoms with van der Waals surface area (Å²) in [5, 5.41) is 6.25. The first-order valence-corrected chi connectivity index (χ1v) is 15.2. The first kappa shape index (κ1) is 32.2. The molecule has 0 saturated carbocycles. The van der Waals surface area contributed by atoms with Crippen molar-refractivity contribution in [2.24, 2.45) is 11.7 Å². The zero-order valence-corrected chi connectivity index (χ0v) is 25.4. The van der Waals surface area contributed by atoms with Gasteiger partial charge >= 0.3 is 6.09 Å². The number of ether oxygens (including phenoxy) is 4. The lowest BCUT2D eigenvalue weighted by atomic mass is 9.88. The van der Waals surface area contributed by atoms with Crippen molar-refractivity contribution in [3.63, 3.8) is 0 Å². The third-order valence-electron chi connectivity index (χ3n) is 8.49. The number of carbonyl (C=O) groups excluding carboxylic acids is 3. The van der Waals surface area contributed by atoms with Gasteiger partial charge in [-0.3, -0.25) is 9.59 Å². The van der Waals surface area contributed by atoms with Gasteiger partial charge in [-0.2, -0.15) is 0 Å². The molecule has 3 amide bonds. The van der Waals surface area contributed by atoms with Crippen molar-refractivity contribution in [2.75, 3.05) is 32.8 Å². The van der Waals surface area contributed by atoms with E-state index < -0.39 is 6.10 Å². The summed E-state index contributed by atoms with van der Waals surface area (Å²) in [5.74, 6) is -0.330. The summed E-state index contributed by atoms with van der Waals surface area (Å²) in [6.07, 6.45) is 11.3. The average molecular weight is 589 g/mol. The van der Waals surface area contributed by atoms with E-state index in [1.165, 1.54) is 6.08 Å². The summed E-state index contributed by atoms with van der Waals surface area (Å²) in [6, 6.07) is -0.106. The first-order chi connectivity index (χ1) is 20.0. The number of nitrogens with zero attached hydrogens (tertiary/aromatic N) is 1. The van der Waals surface area contributed by atoms with Gasteiger partial charge in [0.1, 0.15) is 6.10 Å². The molecule has 0 aliphatic carbocycles. The van der Waals surface area contributed by atoms with Crippen LogP contribution in [0.25, 0.3) is 0 Å². The lowest BCUT2D eigenvalue weighted by molar-refractivity contribution is -0.125. The number of allylic oxidation sites excluding steroid dienone is 2. The Morgan fingerprint density at radius 3 is 2.60 bits per heavy atom. The zero-order valence-electron chi connectivity index (χ0n) is 25.4. The van der Waals surface area contributed by atoms with Crippen molar-refractivity contribution in [1.29, 1.82) is 0 Å². The largest absolute Gasteiger partial charge is 0.442 e. The average Bonchev–Trinajstić information content (AvgIpc) is 3.69. The quantitative estimate of drug-likeness (QED) is 0.200. The van der Waals surface area contributed by atoms with Crippen molar-refractivity contribution < 1.29 is 33.3 Å². The Kier molecular flexibility index (Phi) is 11.2. The van der Waals surface area contributed by atoms with E-state index in [0.29, 0.717) is 26.1 Å². The van der Waals surface area contributed by atoms with Crippen molar-refractivity contribution in [2.45, 2.75) is 102 Å². The summed E-state index contributed by atoms with van der Waals surface area (Å²) < 4.78 is 23.5. The molecule has 4 rings (SSSR count). The fraction of sp³-hybridized carbons (Fsp3) is 0.710. The molecule has 1 spiro atoms. The predicted molar refractivity (Wildman–Crippen MR) is 157 cm³/mol. The van der Waals surface area contributed by atoms with E-state index in [4.69, 9.17) is 24.7 Å². The van der Waals surface area contributed by atoms with Crippen LogP contribution in [0.2, 0.25) is 0 Å². The van der Waals surface area contributed by atoms with Gasteiger partial charge in [0.25, 0.3) is 0 Å². The van der Waals surface area contributed by atoms with Crippen LogP contribution < -0.4 is 16.4 Å². The first-order valence-electron chi connectivity index (χ1n) is 15.2. The van der Waals surface area contributed by atoms with Crippen LogP contribution >= 0.6 is 0 Å². The number of nitrogens with two attached hydrogens (primary N) is 1. The van der Waals surface area contributed by atoms with E-state index in [0.717, 1.165) is 37.9 Å². The number of hydrogen-bond acceptors (Lipinski definition) is 8. The lowest BCUT2D eigenvalue weighted by Crippen LogP contribution is -2.50. The van der Waals surface area contributed by atoms with Gasteiger partial charge in [-0.1, -0.05) is 30.7 Å². The molecule has 0 bridgehead atoms. The SMILES string of the molecule is CC(C=CC1CC2(CO2)CC(CC(N)=O)O1)=CCC1OC(C)C(NC(=O)C=CC(C)OC(=O)N2CCNCC2)CC1C. The van der Waals surface area contributed by atoms with Crippen LogP contribution in [0.3, 0.4) is 0 Å². The normalized spacial score (nSPS) is 34.5. The van der Waals surface area contributed by atoms with E-state index in [-0.39, 0.29) is 66.3 Å². The maximum Gasteiger partial charge on any atom is 0.410 e. The number of hydrogen-bond donors (Lipinski definition) is 3. The van der Waals surface area contributed by atoms with Crippen molar-refractivity contribution in [3.05, 3.63) is 36.0 Å². The van der Waals surface area contributed by atoms with Crippen LogP contribution in [0.4, 0.5) is 4.79 Å². The highest BCUT2D eigenvalue weighted by molar-refractivity contribution is 5.87. The maximum atomic E-state index is 12.6. The molecule has 4 saturated heterocycles. The Balaban J connectivity index is 1.19. The minimum absolute atomic E-state index is 0.0467. The second-order valence-electron chi connectivity index (χ2n) is 12.3. The predicted octanol–water partition coefficient (Wildman–Crippen LogP) is 2.36. The molecular weight excluding hydrogens is 540 g/mol. The highest BCUT2D eigenvalue weighted by Crippen LogP contribution is 2.43. The molecule has 11 nitrogen and oxygen atoms in total. The molecule has 0 aromatic heterocycles. The second-order valence-corrected chi connectivity index (χ2v) is 12.3. The molecular formula is C31H48N4O7. The van der Waals surface area contributed by atoms with Gasteiger partial charge in [0.05, 0.1) is 49.1 Å². The van der Waals surface area contributed by atoms with Crippen LogP contribution in [-0.2, 0) is 28.5 Å². The summed E-state index contributed by atoms with van der Waals surface area (Å²) in [4.78, 5) is 37.9. The van der Waals surface area contributed by atoms with Gasteiger partial charge in [-0.05, 0) is 45.6 Å². The molecule has 11 heteroatoms. The Morgan fingerprint density at radius 1 is 1.17 bits per heavy atom. The van der Waals surface area contributed by atoms with Crippen molar-refractivity contribution >= 4 is 17.9 Å². The molecule has 42 heavy (non-hydrogen) atoms. The Bertz CT molecular complexity index is 1050. The zero-order chi connectivity index (χ0) is 30.3. The number of carbonyl (C=O) groups is 3. The number of epoxide rings is 1. The lowest BCUT2D eigenvalue weighted by Gasteiger charge is -2.39. The minimum Gasteiger partial charge on any atom is -0.442 e. The standard InChI is InChI=1S/C31H48N4O7/c1-20(5-8-24-17-31(19-39-31)18-25(42-24)16-28(32)36)6-9-27-21(2)15-26(23(4)41-27)34-29(37)10-7-22(3)40-30(38)35-13-11-33-12-14-35/h5-8,10,21-27,33H,9,11-19H2,1-4H3,(H2,32,36)(H,34,37). The van der Waals surface area contributed by atoms with E-state index in [1.807, 2.05) is 13.0 Å². The van der Waals surface area contributed by atoms with E-state index >= 15 is 0 Å². The van der Waals surface area contributed by atoms with Gasteiger partial charge in [0, 0.05) is 45.1 Å². The monoisotopic (exact) mass is 588 g/mol. The minimum atomic E-state index is -0.505. The number of piperazine rings is 1. The van der Waals surface area contributed by atoms with Gasteiger partial charge < -0.3 is 40.2 Å². The second kappa shape index (κ2) is 14.6. The molecule has 234 valence electrons. The van der Waals surface area contributed by atoms with E-state index in [9.17, 15) is 14.4 Å². The molecule has 0 radical (unpaired) electrons. The van der Waals surface area contributed by atoms with Crippen molar-refractivity contribution in [3.8, 4) is 0 Å². The molecule has 4 heterocycles. The van der Waals surface area contributed by atoms with Crippen LogP contribution in [0.5, 0.6) is 0 Å².